The molecule has 1 aliphatic rings. The lowest BCUT2D eigenvalue weighted by molar-refractivity contribution is 0.0815. The van der Waals surface area contributed by atoms with Gasteiger partial charge >= 0.3 is 0 Å². The van der Waals surface area contributed by atoms with Crippen LogP contribution in [0.3, 0.4) is 0 Å². The highest BCUT2D eigenvalue weighted by Gasteiger charge is 2.18. The molecule has 0 atom stereocenters. The van der Waals surface area contributed by atoms with Gasteiger partial charge in [-0.25, -0.2) is 9.67 Å². The topological polar surface area (TPSA) is 63.1 Å². The zero-order chi connectivity index (χ0) is 10.8. The molecular weight excluding hydrogens is 194 g/mol. The number of rotatable bonds is 1. The van der Waals surface area contributed by atoms with Crippen molar-refractivity contribution in [2.45, 2.75) is 19.5 Å². The number of nitrogens with zero attached hydrogens (tertiary/aromatic N) is 4. The Morgan fingerprint density at radius 2 is 2.33 bits per heavy atom. The molecular formula is C9H15N5O. The fraction of sp³-hybridized carbons (Fsp3) is 0.667. The van der Waals surface area contributed by atoms with Crippen molar-refractivity contribution in [2.24, 2.45) is 0 Å². The molecule has 1 aliphatic heterocycles. The highest BCUT2D eigenvalue weighted by molar-refractivity contribution is 5.89. The highest BCUT2D eigenvalue weighted by Crippen LogP contribution is 2.04. The van der Waals surface area contributed by atoms with Crippen molar-refractivity contribution in [3.8, 4) is 0 Å². The van der Waals surface area contributed by atoms with Crippen LogP contribution in [0.4, 0.5) is 0 Å². The van der Waals surface area contributed by atoms with Crippen molar-refractivity contribution in [3.05, 3.63) is 11.6 Å². The fourth-order valence-corrected chi connectivity index (χ4v) is 1.53. The van der Waals surface area contributed by atoms with E-state index in [0.29, 0.717) is 12.4 Å². The molecule has 0 aliphatic carbocycles. The van der Waals surface area contributed by atoms with E-state index in [2.05, 4.69) is 15.4 Å². The molecule has 1 aromatic rings. The largest absolute Gasteiger partial charge is 0.342 e. The molecule has 1 aromatic heterocycles. The van der Waals surface area contributed by atoms with E-state index < -0.39 is 0 Å². The number of aromatic nitrogens is 3. The second-order valence-electron chi connectivity index (χ2n) is 3.80. The van der Waals surface area contributed by atoms with E-state index in [4.69, 9.17) is 0 Å². The minimum absolute atomic E-state index is 0.143. The van der Waals surface area contributed by atoms with Gasteiger partial charge in [0, 0.05) is 20.6 Å². The van der Waals surface area contributed by atoms with Crippen LogP contribution in [0, 0.1) is 0 Å². The second-order valence-corrected chi connectivity index (χ2v) is 3.80. The van der Waals surface area contributed by atoms with Crippen LogP contribution in [0.15, 0.2) is 0 Å². The zero-order valence-corrected chi connectivity index (χ0v) is 9.03. The van der Waals surface area contributed by atoms with Crippen molar-refractivity contribution in [1.82, 2.24) is 25.0 Å². The maximum atomic E-state index is 11.6. The van der Waals surface area contributed by atoms with Gasteiger partial charge in [-0.3, -0.25) is 4.79 Å². The first-order valence-corrected chi connectivity index (χ1v) is 5.04. The maximum Gasteiger partial charge on any atom is 0.293 e. The van der Waals surface area contributed by atoms with Crippen LogP contribution < -0.4 is 5.32 Å². The van der Waals surface area contributed by atoms with Crippen molar-refractivity contribution in [3.63, 3.8) is 0 Å². The quantitative estimate of drug-likeness (QED) is 0.675. The number of hydrogen-bond donors (Lipinski definition) is 1. The average molecular weight is 209 g/mol. The summed E-state index contributed by atoms with van der Waals surface area (Å²) in [6.07, 6.45) is 1.02. The first-order valence-electron chi connectivity index (χ1n) is 5.04. The van der Waals surface area contributed by atoms with E-state index in [-0.39, 0.29) is 5.91 Å². The predicted molar refractivity (Wildman–Crippen MR) is 54.4 cm³/mol. The SMILES string of the molecule is CN(C)C(=O)c1nc2n(n1)CCCNC2. The van der Waals surface area contributed by atoms with Crippen LogP contribution >= 0.6 is 0 Å². The monoisotopic (exact) mass is 209 g/mol. The van der Waals surface area contributed by atoms with Crippen molar-refractivity contribution >= 4 is 5.91 Å². The molecule has 2 rings (SSSR count). The fourth-order valence-electron chi connectivity index (χ4n) is 1.53. The standard InChI is InChI=1S/C9H15N5O/c1-13(2)9(15)8-11-7-6-10-4-3-5-14(7)12-8/h10H,3-6H2,1-2H3. The summed E-state index contributed by atoms with van der Waals surface area (Å²) in [5.41, 5.74) is 0. The van der Waals surface area contributed by atoms with Gasteiger partial charge in [-0.05, 0) is 13.0 Å². The normalized spacial score (nSPS) is 15.6. The average Bonchev–Trinajstić information content (AvgIpc) is 2.49. The lowest BCUT2D eigenvalue weighted by Gasteiger charge is -2.05. The number of aryl methyl sites for hydroxylation is 1. The van der Waals surface area contributed by atoms with E-state index in [1.165, 1.54) is 4.90 Å². The van der Waals surface area contributed by atoms with E-state index >= 15 is 0 Å². The Morgan fingerprint density at radius 1 is 1.53 bits per heavy atom. The molecule has 15 heavy (non-hydrogen) atoms. The molecule has 1 N–H and O–H groups in total. The Labute approximate surface area is 88.3 Å². The van der Waals surface area contributed by atoms with Crippen LogP contribution in [0.5, 0.6) is 0 Å². The Morgan fingerprint density at radius 3 is 3.07 bits per heavy atom. The van der Waals surface area contributed by atoms with Crippen LogP contribution in [0.2, 0.25) is 0 Å². The van der Waals surface area contributed by atoms with Crippen molar-refractivity contribution in [1.29, 1.82) is 0 Å². The lowest BCUT2D eigenvalue weighted by atomic mass is 10.4. The summed E-state index contributed by atoms with van der Waals surface area (Å²) in [5.74, 6) is 0.993. The van der Waals surface area contributed by atoms with Gasteiger partial charge in [-0.2, -0.15) is 0 Å². The number of carbonyl (C=O) groups is 1. The van der Waals surface area contributed by atoms with Gasteiger partial charge in [-0.15, -0.1) is 5.10 Å². The van der Waals surface area contributed by atoms with Crippen LogP contribution in [0.25, 0.3) is 0 Å². The van der Waals surface area contributed by atoms with Crippen LogP contribution in [-0.4, -0.2) is 46.2 Å². The molecule has 0 unspecified atom stereocenters. The smallest absolute Gasteiger partial charge is 0.293 e. The van der Waals surface area contributed by atoms with Crippen LogP contribution in [-0.2, 0) is 13.1 Å². The van der Waals surface area contributed by atoms with E-state index in [0.717, 1.165) is 25.3 Å². The van der Waals surface area contributed by atoms with Gasteiger partial charge in [-0.1, -0.05) is 0 Å². The first kappa shape index (κ1) is 10.1. The number of hydrogen-bond acceptors (Lipinski definition) is 4. The third-order valence-electron chi connectivity index (χ3n) is 2.35. The van der Waals surface area contributed by atoms with Gasteiger partial charge in [0.05, 0.1) is 6.54 Å². The number of fused-ring (bicyclic) bond motifs is 1. The summed E-state index contributed by atoms with van der Waals surface area (Å²) >= 11 is 0. The molecule has 1 amide bonds. The molecule has 0 aromatic carbocycles. The third kappa shape index (κ3) is 1.99. The Kier molecular flexibility index (Phi) is 2.68. The summed E-state index contributed by atoms with van der Waals surface area (Å²) in [4.78, 5) is 17.3. The predicted octanol–water partition coefficient (Wildman–Crippen LogP) is -0.527. The summed E-state index contributed by atoms with van der Waals surface area (Å²) < 4.78 is 1.82. The summed E-state index contributed by atoms with van der Waals surface area (Å²) in [6.45, 7) is 2.49. The molecule has 82 valence electrons. The molecule has 0 saturated heterocycles. The molecule has 0 bridgehead atoms. The Bertz CT molecular complexity index is 347. The minimum Gasteiger partial charge on any atom is -0.342 e. The molecule has 0 saturated carbocycles. The first-order chi connectivity index (χ1) is 7.18. The number of nitrogens with one attached hydrogen (secondary N) is 1. The summed E-state index contributed by atoms with van der Waals surface area (Å²) in [7, 11) is 3.40. The molecule has 0 fully saturated rings. The van der Waals surface area contributed by atoms with Gasteiger partial charge < -0.3 is 10.2 Å². The van der Waals surface area contributed by atoms with Crippen molar-refractivity contribution in [2.75, 3.05) is 20.6 Å². The van der Waals surface area contributed by atoms with Gasteiger partial charge in [0.15, 0.2) is 0 Å². The molecule has 0 spiro atoms. The summed E-state index contributed by atoms with van der Waals surface area (Å²) in [5, 5.41) is 7.44. The molecule has 2 heterocycles. The Hall–Kier alpha value is -1.43. The van der Waals surface area contributed by atoms with Gasteiger partial charge in [0.1, 0.15) is 5.82 Å². The molecule has 6 heteroatoms. The van der Waals surface area contributed by atoms with Crippen LogP contribution in [0.1, 0.15) is 22.9 Å². The molecule has 0 radical (unpaired) electrons. The zero-order valence-electron chi connectivity index (χ0n) is 9.03. The van der Waals surface area contributed by atoms with Gasteiger partial charge in [0.25, 0.3) is 5.91 Å². The maximum absolute atomic E-state index is 11.6. The minimum atomic E-state index is -0.143. The van der Waals surface area contributed by atoms with E-state index in [1.54, 1.807) is 14.1 Å². The Balaban J connectivity index is 2.25. The number of carbonyl (C=O) groups excluding carboxylic acids is 1. The summed E-state index contributed by atoms with van der Waals surface area (Å²) in [6, 6.07) is 0. The highest BCUT2D eigenvalue weighted by atomic mass is 16.2. The number of amides is 1. The molecule has 6 nitrogen and oxygen atoms in total. The second kappa shape index (κ2) is 3.98. The van der Waals surface area contributed by atoms with E-state index in [1.807, 2.05) is 4.68 Å². The lowest BCUT2D eigenvalue weighted by Crippen LogP contribution is -2.23. The third-order valence-corrected chi connectivity index (χ3v) is 2.35. The van der Waals surface area contributed by atoms with Crippen molar-refractivity contribution < 1.29 is 4.79 Å². The van der Waals surface area contributed by atoms with Gasteiger partial charge in [0.2, 0.25) is 5.82 Å². The van der Waals surface area contributed by atoms with E-state index in [9.17, 15) is 4.79 Å².